The predicted molar refractivity (Wildman–Crippen MR) is 59.4 cm³/mol. The maximum absolute atomic E-state index is 13.2. The van der Waals surface area contributed by atoms with E-state index in [-0.39, 0.29) is 10.8 Å². The molecular formula is C11H13ClFN. The lowest BCUT2D eigenvalue weighted by atomic mass is 10.2. The summed E-state index contributed by atoms with van der Waals surface area (Å²) >= 11 is 5.60. The molecule has 0 bridgehead atoms. The van der Waals surface area contributed by atoms with Gasteiger partial charge in [0.2, 0.25) is 0 Å². The molecule has 2 rings (SSSR count). The Morgan fingerprint density at radius 2 is 1.93 bits per heavy atom. The molecule has 0 spiro atoms. The first-order valence-electron chi connectivity index (χ1n) is 4.62. The Balaban J connectivity index is 0.000000461. The van der Waals surface area contributed by atoms with Gasteiger partial charge in [0.15, 0.2) is 5.82 Å². The van der Waals surface area contributed by atoms with E-state index in [4.69, 9.17) is 11.6 Å². The van der Waals surface area contributed by atoms with Crippen LogP contribution >= 0.6 is 11.6 Å². The third-order valence-electron chi connectivity index (χ3n) is 1.82. The Bertz CT molecular complexity index is 434. The summed E-state index contributed by atoms with van der Waals surface area (Å²) in [4.78, 5) is 2.91. The van der Waals surface area contributed by atoms with Crippen molar-refractivity contribution >= 4 is 22.5 Å². The minimum Gasteiger partial charge on any atom is -0.356 e. The lowest BCUT2D eigenvalue weighted by molar-refractivity contribution is 0.637. The maximum atomic E-state index is 13.2. The van der Waals surface area contributed by atoms with E-state index in [1.807, 2.05) is 26.8 Å². The van der Waals surface area contributed by atoms with Gasteiger partial charge in [0.1, 0.15) is 0 Å². The van der Waals surface area contributed by atoms with Crippen molar-refractivity contribution in [1.29, 1.82) is 0 Å². The topological polar surface area (TPSA) is 15.8 Å². The average Bonchev–Trinajstić information content (AvgIpc) is 2.57. The summed E-state index contributed by atoms with van der Waals surface area (Å²) < 4.78 is 13.2. The summed E-state index contributed by atoms with van der Waals surface area (Å²) in [6.45, 7) is 5.88. The highest BCUT2D eigenvalue weighted by molar-refractivity contribution is 6.31. The lowest BCUT2D eigenvalue weighted by Gasteiger charge is -1.94. The fourth-order valence-corrected chi connectivity index (χ4v) is 1.44. The molecule has 0 saturated heterocycles. The van der Waals surface area contributed by atoms with E-state index in [2.05, 4.69) is 4.98 Å². The molecular weight excluding hydrogens is 201 g/mol. The zero-order chi connectivity index (χ0) is 10.7. The molecule has 1 aromatic carbocycles. The van der Waals surface area contributed by atoms with Crippen molar-refractivity contribution < 1.29 is 4.39 Å². The minimum absolute atomic E-state index is 0.157. The van der Waals surface area contributed by atoms with Crippen molar-refractivity contribution in [2.45, 2.75) is 20.8 Å². The highest BCUT2D eigenvalue weighted by Gasteiger charge is 2.06. The van der Waals surface area contributed by atoms with E-state index in [1.165, 1.54) is 0 Å². The second kappa shape index (κ2) is 4.47. The van der Waals surface area contributed by atoms with Crippen LogP contribution in [0.25, 0.3) is 10.9 Å². The van der Waals surface area contributed by atoms with E-state index in [0.717, 1.165) is 11.1 Å². The van der Waals surface area contributed by atoms with Crippen LogP contribution in [0.5, 0.6) is 0 Å². The van der Waals surface area contributed by atoms with Gasteiger partial charge < -0.3 is 4.98 Å². The Kier molecular flexibility index (Phi) is 3.53. The first kappa shape index (κ1) is 11.1. The number of aromatic nitrogens is 1. The van der Waals surface area contributed by atoms with E-state index >= 15 is 0 Å². The van der Waals surface area contributed by atoms with Gasteiger partial charge in [-0.1, -0.05) is 31.5 Å². The normalized spacial score (nSPS) is 9.79. The molecule has 2 aromatic rings. The van der Waals surface area contributed by atoms with Crippen LogP contribution in [-0.4, -0.2) is 4.98 Å². The van der Waals surface area contributed by atoms with Crippen LogP contribution in [0.3, 0.4) is 0 Å². The molecule has 0 aliphatic rings. The summed E-state index contributed by atoms with van der Waals surface area (Å²) in [6.07, 6.45) is 0. The van der Waals surface area contributed by atoms with Gasteiger partial charge in [0.25, 0.3) is 0 Å². The van der Waals surface area contributed by atoms with Crippen LogP contribution in [0.1, 0.15) is 19.5 Å². The third-order valence-corrected chi connectivity index (χ3v) is 2.11. The van der Waals surface area contributed by atoms with Gasteiger partial charge in [-0.05, 0) is 19.1 Å². The van der Waals surface area contributed by atoms with Crippen molar-refractivity contribution in [3.63, 3.8) is 0 Å². The fourth-order valence-electron chi connectivity index (χ4n) is 1.28. The summed E-state index contributed by atoms with van der Waals surface area (Å²) in [5.74, 6) is -0.373. The summed E-state index contributed by atoms with van der Waals surface area (Å²) in [6, 6.07) is 5.24. The number of aromatic amines is 1. The molecule has 1 N–H and O–H groups in total. The summed E-state index contributed by atoms with van der Waals surface area (Å²) in [5.41, 5.74) is 1.42. The Morgan fingerprint density at radius 1 is 1.29 bits per heavy atom. The largest absolute Gasteiger partial charge is 0.356 e. The predicted octanol–water partition coefficient (Wildman–Crippen LogP) is 4.30. The van der Waals surface area contributed by atoms with Crippen molar-refractivity contribution in [3.05, 3.63) is 34.7 Å². The maximum Gasteiger partial charge on any atom is 0.165 e. The highest BCUT2D eigenvalue weighted by atomic mass is 35.5. The van der Waals surface area contributed by atoms with Crippen LogP contribution in [0.4, 0.5) is 4.39 Å². The number of H-pyrrole nitrogens is 1. The zero-order valence-corrected chi connectivity index (χ0v) is 9.24. The molecule has 1 aromatic heterocycles. The van der Waals surface area contributed by atoms with Gasteiger partial charge in [-0.3, -0.25) is 0 Å². The number of nitrogens with one attached hydrogen (secondary N) is 1. The van der Waals surface area contributed by atoms with Crippen LogP contribution in [-0.2, 0) is 0 Å². The number of fused-ring (bicyclic) bond motifs is 1. The van der Waals surface area contributed by atoms with Crippen LogP contribution in [0.15, 0.2) is 18.2 Å². The van der Waals surface area contributed by atoms with Gasteiger partial charge in [-0.15, -0.1) is 0 Å². The van der Waals surface area contributed by atoms with Crippen LogP contribution < -0.4 is 0 Å². The monoisotopic (exact) mass is 213 g/mol. The van der Waals surface area contributed by atoms with Gasteiger partial charge in [0, 0.05) is 11.1 Å². The van der Waals surface area contributed by atoms with Gasteiger partial charge >= 0.3 is 0 Å². The Morgan fingerprint density at radius 3 is 2.57 bits per heavy atom. The van der Waals surface area contributed by atoms with E-state index in [1.54, 1.807) is 12.1 Å². The lowest BCUT2D eigenvalue weighted by Crippen LogP contribution is -1.78. The molecule has 0 unspecified atom stereocenters. The first-order valence-corrected chi connectivity index (χ1v) is 4.99. The molecule has 0 fully saturated rings. The number of rotatable bonds is 0. The third kappa shape index (κ3) is 1.90. The molecule has 0 radical (unpaired) electrons. The van der Waals surface area contributed by atoms with Crippen LogP contribution in [0.2, 0.25) is 5.02 Å². The van der Waals surface area contributed by atoms with E-state index < -0.39 is 0 Å². The van der Waals surface area contributed by atoms with E-state index in [0.29, 0.717) is 5.52 Å². The second-order valence-electron chi connectivity index (χ2n) is 2.78. The average molecular weight is 214 g/mol. The molecule has 1 heterocycles. The summed E-state index contributed by atoms with van der Waals surface area (Å²) in [5, 5.41) is 1.01. The molecule has 76 valence electrons. The van der Waals surface area contributed by atoms with Crippen molar-refractivity contribution in [2.24, 2.45) is 0 Å². The summed E-state index contributed by atoms with van der Waals surface area (Å²) in [7, 11) is 0. The van der Waals surface area contributed by atoms with Gasteiger partial charge in [-0.25, -0.2) is 4.39 Å². The van der Waals surface area contributed by atoms with Gasteiger partial charge in [-0.2, -0.15) is 0 Å². The Labute approximate surface area is 87.9 Å². The molecule has 14 heavy (non-hydrogen) atoms. The Hall–Kier alpha value is -1.02. The van der Waals surface area contributed by atoms with Gasteiger partial charge in [0.05, 0.1) is 10.5 Å². The molecule has 0 atom stereocenters. The SMILES string of the molecule is CC.Cc1cc2ccc(Cl)c(F)c2[nH]1. The second-order valence-corrected chi connectivity index (χ2v) is 3.19. The standard InChI is InChI=1S/C9H7ClFN.C2H6/c1-5-4-6-2-3-7(10)8(11)9(6)12-5;1-2/h2-4,12H,1H3;1-2H3. The fraction of sp³-hybridized carbons (Fsp3) is 0.273. The smallest absolute Gasteiger partial charge is 0.165 e. The molecule has 0 saturated carbocycles. The van der Waals surface area contributed by atoms with Crippen molar-refractivity contribution in [3.8, 4) is 0 Å². The van der Waals surface area contributed by atoms with Crippen LogP contribution in [0, 0.1) is 12.7 Å². The number of halogens is 2. The number of benzene rings is 1. The molecule has 3 heteroatoms. The quantitative estimate of drug-likeness (QED) is 0.672. The minimum atomic E-state index is -0.373. The van der Waals surface area contributed by atoms with E-state index in [9.17, 15) is 4.39 Å². The molecule has 1 nitrogen and oxygen atoms in total. The van der Waals surface area contributed by atoms with Crippen molar-refractivity contribution in [1.82, 2.24) is 4.98 Å². The molecule has 0 aliphatic heterocycles. The van der Waals surface area contributed by atoms with Crippen molar-refractivity contribution in [2.75, 3.05) is 0 Å². The highest BCUT2D eigenvalue weighted by Crippen LogP contribution is 2.24. The molecule has 0 amide bonds. The molecule has 0 aliphatic carbocycles. The number of hydrogen-bond acceptors (Lipinski definition) is 0. The number of aryl methyl sites for hydroxylation is 1. The number of hydrogen-bond donors (Lipinski definition) is 1. The first-order chi connectivity index (χ1) is 6.68. The zero-order valence-electron chi connectivity index (χ0n) is 8.49.